The zero-order chi connectivity index (χ0) is 16.1. The minimum Gasteiger partial charge on any atom is -0.336 e. The Hall–Kier alpha value is -1.78. The Labute approximate surface area is 136 Å². The number of allylic oxidation sites excluding steroid dienone is 1. The van der Waals surface area contributed by atoms with Gasteiger partial charge in [-0.25, -0.2) is 0 Å². The second kappa shape index (κ2) is 7.47. The normalized spacial score (nSPS) is 19.2. The smallest absolute Gasteiger partial charge is 0.272 e. The quantitative estimate of drug-likeness (QED) is 0.836. The molecule has 0 saturated carbocycles. The first-order valence-corrected chi connectivity index (χ1v) is 7.86. The minimum atomic E-state index is -0.162. The van der Waals surface area contributed by atoms with Crippen molar-refractivity contribution < 1.29 is 4.79 Å². The van der Waals surface area contributed by atoms with E-state index in [4.69, 9.17) is 11.6 Å². The molecule has 1 aliphatic heterocycles. The van der Waals surface area contributed by atoms with E-state index in [1.165, 1.54) is 0 Å². The molecular weight excluding hydrogens is 298 g/mol. The lowest BCUT2D eigenvalue weighted by Gasteiger charge is -2.38. The minimum absolute atomic E-state index is 0.162. The molecule has 118 valence electrons. The maximum Gasteiger partial charge on any atom is 0.272 e. The third kappa shape index (κ3) is 3.70. The van der Waals surface area contributed by atoms with Gasteiger partial charge in [-0.3, -0.25) is 4.79 Å². The molecule has 1 atom stereocenters. The van der Waals surface area contributed by atoms with Crippen LogP contribution in [0.5, 0.6) is 0 Å². The lowest BCUT2D eigenvalue weighted by molar-refractivity contribution is -0.114. The average Bonchev–Trinajstić information content (AvgIpc) is 2.48. The number of hydrogen-bond donors (Lipinski definition) is 2. The lowest BCUT2D eigenvalue weighted by atomic mass is 10.1. The summed E-state index contributed by atoms with van der Waals surface area (Å²) in [6.07, 6.45) is 2.70. The summed E-state index contributed by atoms with van der Waals surface area (Å²) in [5.74, 6) is -0.162. The maximum absolute atomic E-state index is 12.7. The molecule has 1 amide bonds. The summed E-state index contributed by atoms with van der Waals surface area (Å²) in [6.45, 7) is 9.66. The standard InChI is InChI=1S/C17H22ClN3O/c1-4-7-16(21-12(2)10-19-11-13(21)3)17(22)20-15-9-6-5-8-14(15)18/h5-9,13,19H,2,4,10-11H2,1,3H3,(H,20,22)/b16-7-. The molecule has 4 nitrogen and oxygen atoms in total. The van der Waals surface area contributed by atoms with Gasteiger partial charge in [0.2, 0.25) is 0 Å². The van der Waals surface area contributed by atoms with Gasteiger partial charge in [-0.05, 0) is 25.5 Å². The number of nitrogens with one attached hydrogen (secondary N) is 2. The van der Waals surface area contributed by atoms with Crippen molar-refractivity contribution in [2.45, 2.75) is 26.3 Å². The highest BCUT2D eigenvalue weighted by Gasteiger charge is 2.27. The number of carbonyl (C=O) groups excluding carboxylic acids is 1. The van der Waals surface area contributed by atoms with Gasteiger partial charge < -0.3 is 15.5 Å². The van der Waals surface area contributed by atoms with Crippen LogP contribution in [0.15, 0.2) is 48.3 Å². The van der Waals surface area contributed by atoms with E-state index in [0.717, 1.165) is 18.7 Å². The number of anilines is 1. The molecule has 22 heavy (non-hydrogen) atoms. The largest absolute Gasteiger partial charge is 0.336 e. The number of rotatable bonds is 4. The van der Waals surface area contributed by atoms with Crippen LogP contribution in [0, 0.1) is 0 Å². The zero-order valence-electron chi connectivity index (χ0n) is 13.0. The highest BCUT2D eigenvalue weighted by Crippen LogP contribution is 2.24. The molecule has 0 aromatic heterocycles. The first-order chi connectivity index (χ1) is 10.5. The molecule has 2 rings (SSSR count). The summed E-state index contributed by atoms with van der Waals surface area (Å²) in [4.78, 5) is 14.7. The topological polar surface area (TPSA) is 44.4 Å². The molecule has 1 unspecified atom stereocenters. The lowest BCUT2D eigenvalue weighted by Crippen LogP contribution is -2.49. The Balaban J connectivity index is 2.24. The predicted octanol–water partition coefficient (Wildman–Crippen LogP) is 3.38. The number of hydrogen-bond acceptors (Lipinski definition) is 3. The van der Waals surface area contributed by atoms with Crippen molar-refractivity contribution in [2.24, 2.45) is 0 Å². The van der Waals surface area contributed by atoms with Gasteiger partial charge in [0.25, 0.3) is 5.91 Å². The van der Waals surface area contributed by atoms with Crippen LogP contribution in [0.4, 0.5) is 5.69 Å². The van der Waals surface area contributed by atoms with E-state index in [0.29, 0.717) is 23.0 Å². The third-order valence-corrected chi connectivity index (χ3v) is 3.89. The van der Waals surface area contributed by atoms with Crippen LogP contribution >= 0.6 is 11.6 Å². The van der Waals surface area contributed by atoms with Crippen LogP contribution in [0.1, 0.15) is 20.3 Å². The molecule has 1 aromatic carbocycles. The zero-order valence-corrected chi connectivity index (χ0v) is 13.8. The molecule has 0 bridgehead atoms. The van der Waals surface area contributed by atoms with E-state index in [1.54, 1.807) is 12.1 Å². The Morgan fingerprint density at radius 3 is 2.91 bits per heavy atom. The van der Waals surface area contributed by atoms with Crippen molar-refractivity contribution in [3.05, 3.63) is 53.3 Å². The Bertz CT molecular complexity index is 597. The molecule has 1 fully saturated rings. The van der Waals surface area contributed by atoms with E-state index >= 15 is 0 Å². The maximum atomic E-state index is 12.7. The van der Waals surface area contributed by atoms with Gasteiger partial charge in [-0.15, -0.1) is 0 Å². The van der Waals surface area contributed by atoms with Gasteiger partial charge in [0.05, 0.1) is 10.7 Å². The summed E-state index contributed by atoms with van der Waals surface area (Å²) in [6, 6.07) is 7.40. The number of carbonyl (C=O) groups is 1. The first kappa shape index (κ1) is 16.6. The van der Waals surface area contributed by atoms with Crippen molar-refractivity contribution in [1.82, 2.24) is 10.2 Å². The molecule has 5 heteroatoms. The van der Waals surface area contributed by atoms with Crippen LogP contribution in [-0.4, -0.2) is 29.9 Å². The molecule has 0 spiro atoms. The molecule has 0 aliphatic carbocycles. The fourth-order valence-electron chi connectivity index (χ4n) is 2.56. The van der Waals surface area contributed by atoms with Crippen molar-refractivity contribution in [3.8, 4) is 0 Å². The van der Waals surface area contributed by atoms with Crippen LogP contribution in [0.2, 0.25) is 5.02 Å². The van der Waals surface area contributed by atoms with Gasteiger partial charge in [0, 0.05) is 24.8 Å². The van der Waals surface area contributed by atoms with E-state index in [-0.39, 0.29) is 11.9 Å². The van der Waals surface area contributed by atoms with Crippen molar-refractivity contribution in [3.63, 3.8) is 0 Å². The van der Waals surface area contributed by atoms with Gasteiger partial charge in [-0.1, -0.05) is 43.3 Å². The van der Waals surface area contributed by atoms with E-state index in [2.05, 4.69) is 24.1 Å². The number of nitrogens with zero attached hydrogens (tertiary/aromatic N) is 1. The molecule has 2 N–H and O–H groups in total. The van der Waals surface area contributed by atoms with Crippen LogP contribution in [0.25, 0.3) is 0 Å². The van der Waals surface area contributed by atoms with Crippen LogP contribution in [0.3, 0.4) is 0 Å². The number of halogens is 1. The highest BCUT2D eigenvalue weighted by atomic mass is 35.5. The number of piperazine rings is 1. The van der Waals surface area contributed by atoms with Crippen molar-refractivity contribution in [1.29, 1.82) is 0 Å². The fourth-order valence-corrected chi connectivity index (χ4v) is 2.75. The SMILES string of the molecule is C=C1CNCC(C)N1/C(=C\CC)C(=O)Nc1ccccc1Cl. The van der Waals surface area contributed by atoms with Gasteiger partial charge in [-0.2, -0.15) is 0 Å². The Morgan fingerprint density at radius 1 is 1.55 bits per heavy atom. The van der Waals surface area contributed by atoms with E-state index in [1.807, 2.05) is 30.0 Å². The van der Waals surface area contributed by atoms with E-state index < -0.39 is 0 Å². The second-order valence-electron chi connectivity index (χ2n) is 5.35. The van der Waals surface area contributed by atoms with Crippen LogP contribution in [-0.2, 0) is 4.79 Å². The van der Waals surface area contributed by atoms with Gasteiger partial charge >= 0.3 is 0 Å². The summed E-state index contributed by atoms with van der Waals surface area (Å²) >= 11 is 6.12. The fraction of sp³-hybridized carbons (Fsp3) is 0.353. The molecule has 1 aliphatic rings. The van der Waals surface area contributed by atoms with Crippen LogP contribution < -0.4 is 10.6 Å². The monoisotopic (exact) mass is 319 g/mol. The molecule has 1 aromatic rings. The molecule has 0 radical (unpaired) electrons. The number of amides is 1. The Kier molecular flexibility index (Phi) is 5.63. The highest BCUT2D eigenvalue weighted by molar-refractivity contribution is 6.33. The average molecular weight is 320 g/mol. The van der Waals surface area contributed by atoms with Gasteiger partial charge in [0.15, 0.2) is 0 Å². The predicted molar refractivity (Wildman–Crippen MR) is 91.8 cm³/mol. The number of benzene rings is 1. The van der Waals surface area contributed by atoms with Crippen molar-refractivity contribution >= 4 is 23.2 Å². The third-order valence-electron chi connectivity index (χ3n) is 3.56. The first-order valence-electron chi connectivity index (χ1n) is 7.48. The van der Waals surface area contributed by atoms with Crippen molar-refractivity contribution in [2.75, 3.05) is 18.4 Å². The summed E-state index contributed by atoms with van der Waals surface area (Å²) in [5.41, 5.74) is 2.14. The molecule has 1 heterocycles. The van der Waals surface area contributed by atoms with Gasteiger partial charge in [0.1, 0.15) is 5.70 Å². The number of para-hydroxylation sites is 1. The second-order valence-corrected chi connectivity index (χ2v) is 5.75. The Morgan fingerprint density at radius 2 is 2.27 bits per heavy atom. The van der Waals surface area contributed by atoms with E-state index in [9.17, 15) is 4.79 Å². The summed E-state index contributed by atoms with van der Waals surface area (Å²) in [5, 5.41) is 6.71. The summed E-state index contributed by atoms with van der Waals surface area (Å²) < 4.78 is 0. The molecular formula is C17H22ClN3O. The summed E-state index contributed by atoms with van der Waals surface area (Å²) in [7, 11) is 0. The molecule has 1 saturated heterocycles.